The Balaban J connectivity index is 2.50. The van der Waals surface area contributed by atoms with Gasteiger partial charge in [0.15, 0.2) is 6.29 Å². The number of carbonyl (C=O) groups is 1. The van der Waals surface area contributed by atoms with E-state index >= 15 is 0 Å². The van der Waals surface area contributed by atoms with E-state index in [1.54, 1.807) is 0 Å². The molecule has 0 saturated carbocycles. The predicted molar refractivity (Wildman–Crippen MR) is 71.7 cm³/mol. The van der Waals surface area contributed by atoms with E-state index in [4.69, 9.17) is 9.47 Å². The van der Waals surface area contributed by atoms with Gasteiger partial charge in [-0.3, -0.25) is 9.89 Å². The minimum absolute atomic E-state index is 0.495. The summed E-state index contributed by atoms with van der Waals surface area (Å²) in [6.45, 7) is 4.96. The summed E-state index contributed by atoms with van der Waals surface area (Å²) in [6.07, 6.45) is 2.26. The van der Waals surface area contributed by atoms with Gasteiger partial charge >= 0.3 is 0 Å². The standard InChI is InChI=1S/C14H16N2O3/c1-3-18-11-5-6-13(19-4-2)12(7-11)14-10(9-17)8-15-16-14/h5-9H,3-4H2,1-2H3,(H,15,16). The maximum atomic E-state index is 11.0. The Morgan fingerprint density at radius 2 is 2.05 bits per heavy atom. The van der Waals surface area contributed by atoms with Crippen LogP contribution in [0.15, 0.2) is 24.4 Å². The first-order chi connectivity index (χ1) is 9.30. The molecule has 0 aliphatic rings. The van der Waals surface area contributed by atoms with Crippen molar-refractivity contribution >= 4 is 6.29 Å². The lowest BCUT2D eigenvalue weighted by Gasteiger charge is -2.11. The number of carbonyl (C=O) groups excluding carboxylic acids is 1. The molecule has 2 rings (SSSR count). The van der Waals surface area contributed by atoms with Gasteiger partial charge in [0.1, 0.15) is 11.5 Å². The van der Waals surface area contributed by atoms with Crippen LogP contribution < -0.4 is 9.47 Å². The highest BCUT2D eigenvalue weighted by Gasteiger charge is 2.13. The fourth-order valence-electron chi connectivity index (χ4n) is 1.84. The molecule has 2 aromatic rings. The van der Waals surface area contributed by atoms with Crippen molar-refractivity contribution < 1.29 is 14.3 Å². The first-order valence-electron chi connectivity index (χ1n) is 6.18. The molecule has 100 valence electrons. The largest absolute Gasteiger partial charge is 0.494 e. The van der Waals surface area contributed by atoms with E-state index in [-0.39, 0.29) is 0 Å². The fraction of sp³-hybridized carbons (Fsp3) is 0.286. The zero-order valence-electron chi connectivity index (χ0n) is 11.0. The van der Waals surface area contributed by atoms with Crippen LogP contribution in [0.5, 0.6) is 11.5 Å². The van der Waals surface area contributed by atoms with Gasteiger partial charge in [-0.1, -0.05) is 0 Å². The minimum atomic E-state index is 0.495. The van der Waals surface area contributed by atoms with Crippen LogP contribution in [0, 0.1) is 0 Å². The third kappa shape index (κ3) is 2.76. The van der Waals surface area contributed by atoms with E-state index in [0.717, 1.165) is 17.6 Å². The summed E-state index contributed by atoms with van der Waals surface area (Å²) in [5.74, 6) is 1.42. The molecule has 0 fully saturated rings. The van der Waals surface area contributed by atoms with Crippen LogP contribution in [0.3, 0.4) is 0 Å². The molecule has 5 nitrogen and oxygen atoms in total. The lowest BCUT2D eigenvalue weighted by atomic mass is 10.1. The topological polar surface area (TPSA) is 64.2 Å². The number of ether oxygens (including phenoxy) is 2. The number of hydrogen-bond donors (Lipinski definition) is 1. The summed E-state index contributed by atoms with van der Waals surface area (Å²) in [7, 11) is 0. The van der Waals surface area contributed by atoms with Crippen molar-refractivity contribution in [1.29, 1.82) is 0 Å². The number of aldehydes is 1. The van der Waals surface area contributed by atoms with Crippen LogP contribution in [0.1, 0.15) is 24.2 Å². The van der Waals surface area contributed by atoms with Gasteiger partial charge in [0, 0.05) is 5.56 Å². The second-order valence-corrected chi connectivity index (χ2v) is 3.84. The third-order valence-corrected chi connectivity index (χ3v) is 2.63. The van der Waals surface area contributed by atoms with Gasteiger partial charge in [-0.05, 0) is 32.0 Å². The molecule has 0 aliphatic carbocycles. The Morgan fingerprint density at radius 3 is 2.74 bits per heavy atom. The molecule has 1 aromatic heterocycles. The normalized spacial score (nSPS) is 10.2. The maximum absolute atomic E-state index is 11.0. The molecule has 0 atom stereocenters. The summed E-state index contributed by atoms with van der Waals surface area (Å²) in [6, 6.07) is 5.52. The molecule has 0 unspecified atom stereocenters. The quantitative estimate of drug-likeness (QED) is 0.811. The van der Waals surface area contributed by atoms with E-state index in [9.17, 15) is 4.79 Å². The maximum Gasteiger partial charge on any atom is 0.153 e. The smallest absolute Gasteiger partial charge is 0.153 e. The fourth-order valence-corrected chi connectivity index (χ4v) is 1.84. The highest BCUT2D eigenvalue weighted by Crippen LogP contribution is 2.33. The summed E-state index contributed by atoms with van der Waals surface area (Å²) in [4.78, 5) is 11.0. The van der Waals surface area contributed by atoms with Gasteiger partial charge in [0.25, 0.3) is 0 Å². The molecule has 1 N–H and O–H groups in total. The van der Waals surface area contributed by atoms with Gasteiger partial charge < -0.3 is 9.47 Å². The third-order valence-electron chi connectivity index (χ3n) is 2.63. The monoisotopic (exact) mass is 260 g/mol. The predicted octanol–water partition coefficient (Wildman–Crippen LogP) is 2.69. The summed E-state index contributed by atoms with van der Waals surface area (Å²) < 4.78 is 11.0. The van der Waals surface area contributed by atoms with E-state index in [1.807, 2.05) is 32.0 Å². The molecular weight excluding hydrogens is 244 g/mol. The SMILES string of the molecule is CCOc1ccc(OCC)c(-c2[nH]ncc2C=O)c1. The Labute approximate surface area is 111 Å². The highest BCUT2D eigenvalue weighted by molar-refractivity contribution is 5.87. The average molecular weight is 260 g/mol. The van der Waals surface area contributed by atoms with Gasteiger partial charge in [-0.2, -0.15) is 5.10 Å². The number of H-pyrrole nitrogens is 1. The molecule has 0 spiro atoms. The highest BCUT2D eigenvalue weighted by atomic mass is 16.5. The molecule has 19 heavy (non-hydrogen) atoms. The van der Waals surface area contributed by atoms with Crippen LogP contribution in [0.25, 0.3) is 11.3 Å². The van der Waals surface area contributed by atoms with Crippen LogP contribution in [0.2, 0.25) is 0 Å². The second kappa shape index (κ2) is 6.04. The zero-order chi connectivity index (χ0) is 13.7. The van der Waals surface area contributed by atoms with Gasteiger partial charge in [-0.15, -0.1) is 0 Å². The zero-order valence-corrected chi connectivity index (χ0v) is 11.0. The van der Waals surface area contributed by atoms with Crippen LogP contribution >= 0.6 is 0 Å². The Bertz CT molecular complexity index is 564. The molecule has 1 heterocycles. The van der Waals surface area contributed by atoms with Crippen LogP contribution in [-0.4, -0.2) is 29.7 Å². The summed E-state index contributed by atoms with van der Waals surface area (Å²) in [5.41, 5.74) is 1.90. The van der Waals surface area contributed by atoms with Gasteiger partial charge in [-0.25, -0.2) is 0 Å². The van der Waals surface area contributed by atoms with Crippen molar-refractivity contribution in [1.82, 2.24) is 10.2 Å². The molecular formula is C14H16N2O3. The van der Waals surface area contributed by atoms with Crippen molar-refractivity contribution in [3.8, 4) is 22.8 Å². The molecule has 0 amide bonds. The van der Waals surface area contributed by atoms with E-state index in [2.05, 4.69) is 10.2 Å². The number of nitrogens with one attached hydrogen (secondary N) is 1. The van der Waals surface area contributed by atoms with E-state index in [0.29, 0.717) is 30.2 Å². The first kappa shape index (κ1) is 13.1. The van der Waals surface area contributed by atoms with Crippen LogP contribution in [0.4, 0.5) is 0 Å². The molecule has 0 radical (unpaired) electrons. The number of benzene rings is 1. The van der Waals surface area contributed by atoms with Crippen molar-refractivity contribution in [3.05, 3.63) is 30.0 Å². The van der Waals surface area contributed by atoms with Crippen molar-refractivity contribution in [3.63, 3.8) is 0 Å². The van der Waals surface area contributed by atoms with E-state index in [1.165, 1.54) is 6.20 Å². The summed E-state index contributed by atoms with van der Waals surface area (Å²) >= 11 is 0. The number of aromatic nitrogens is 2. The molecule has 5 heteroatoms. The van der Waals surface area contributed by atoms with Crippen molar-refractivity contribution in [2.24, 2.45) is 0 Å². The lowest BCUT2D eigenvalue weighted by molar-refractivity contribution is 0.112. The van der Waals surface area contributed by atoms with Gasteiger partial charge in [0.2, 0.25) is 0 Å². The molecule has 1 aromatic carbocycles. The second-order valence-electron chi connectivity index (χ2n) is 3.84. The first-order valence-corrected chi connectivity index (χ1v) is 6.18. The number of aromatic amines is 1. The minimum Gasteiger partial charge on any atom is -0.494 e. The van der Waals surface area contributed by atoms with Crippen LogP contribution in [-0.2, 0) is 0 Å². The van der Waals surface area contributed by atoms with Crippen molar-refractivity contribution in [2.45, 2.75) is 13.8 Å². The number of nitrogens with zero attached hydrogens (tertiary/aromatic N) is 1. The van der Waals surface area contributed by atoms with Gasteiger partial charge in [0.05, 0.1) is 30.7 Å². The number of rotatable bonds is 6. The molecule has 0 aliphatic heterocycles. The molecule has 0 saturated heterocycles. The van der Waals surface area contributed by atoms with Crippen molar-refractivity contribution in [2.75, 3.05) is 13.2 Å². The molecule has 0 bridgehead atoms. The van der Waals surface area contributed by atoms with E-state index < -0.39 is 0 Å². The average Bonchev–Trinajstić information content (AvgIpc) is 2.89. The number of hydrogen-bond acceptors (Lipinski definition) is 4. The Morgan fingerprint density at radius 1 is 1.26 bits per heavy atom. The summed E-state index contributed by atoms with van der Waals surface area (Å²) in [5, 5.41) is 6.72. The Hall–Kier alpha value is -2.30. The Kier molecular flexibility index (Phi) is 4.18. The lowest BCUT2D eigenvalue weighted by Crippen LogP contribution is -1.97.